The van der Waals surface area contributed by atoms with Crippen LogP contribution in [0.3, 0.4) is 0 Å². The van der Waals surface area contributed by atoms with E-state index >= 15 is 0 Å². The molecule has 0 aliphatic carbocycles. The second-order valence-electron chi connectivity index (χ2n) is 7.19. The normalized spacial score (nSPS) is 10.3. The molecule has 0 aliphatic heterocycles. The van der Waals surface area contributed by atoms with Crippen LogP contribution < -0.4 is 20.7 Å². The molecule has 0 bridgehead atoms. The van der Waals surface area contributed by atoms with E-state index in [1.807, 2.05) is 48.5 Å². The van der Waals surface area contributed by atoms with Crippen LogP contribution in [0.5, 0.6) is 5.75 Å². The van der Waals surface area contributed by atoms with Crippen LogP contribution in [0.4, 0.5) is 17.1 Å². The number of ether oxygens (including phenoxy) is 1. The molecule has 0 spiro atoms. The van der Waals surface area contributed by atoms with Crippen molar-refractivity contribution in [2.75, 3.05) is 29.1 Å². The maximum Gasteiger partial charge on any atom is 0.243 e. The molecule has 162 valence electrons. The zero-order valence-electron chi connectivity index (χ0n) is 18.0. The molecule has 2 amide bonds. The standard InChI is InChI=1S/C24H33N3O3/c1-3-5-7-15-23(28)26-20-12-10-11-19(17-20)25-18-24(29)27-21-13-8-9-14-22(21)30-16-6-4-2/h8-14,17,25H,3-7,15-16,18H2,1-2H3,(H,26,28)(H,27,29). The zero-order valence-corrected chi connectivity index (χ0v) is 18.0. The van der Waals surface area contributed by atoms with Crippen molar-refractivity contribution in [1.82, 2.24) is 0 Å². The number of carbonyl (C=O) groups is 2. The number of rotatable bonds is 13. The molecule has 0 aliphatic rings. The first-order chi connectivity index (χ1) is 14.6. The molecule has 0 saturated carbocycles. The second-order valence-corrected chi connectivity index (χ2v) is 7.19. The summed E-state index contributed by atoms with van der Waals surface area (Å²) in [5.74, 6) is 0.514. The minimum atomic E-state index is -0.171. The van der Waals surface area contributed by atoms with Crippen LogP contribution >= 0.6 is 0 Å². The third kappa shape index (κ3) is 8.55. The summed E-state index contributed by atoms with van der Waals surface area (Å²) in [4.78, 5) is 24.4. The molecular formula is C24H33N3O3. The topological polar surface area (TPSA) is 79.5 Å². The molecule has 0 atom stereocenters. The van der Waals surface area contributed by atoms with Gasteiger partial charge in [-0.05, 0) is 43.2 Å². The molecular weight excluding hydrogens is 378 g/mol. The predicted molar refractivity (Wildman–Crippen MR) is 123 cm³/mol. The van der Waals surface area contributed by atoms with Crippen molar-refractivity contribution < 1.29 is 14.3 Å². The van der Waals surface area contributed by atoms with Crippen molar-refractivity contribution in [2.24, 2.45) is 0 Å². The predicted octanol–water partition coefficient (Wildman–Crippen LogP) is 5.43. The second kappa shape index (κ2) is 13.2. The Morgan fingerprint density at radius 3 is 2.40 bits per heavy atom. The summed E-state index contributed by atoms with van der Waals surface area (Å²) in [6.45, 7) is 4.95. The maximum atomic E-state index is 12.4. The smallest absolute Gasteiger partial charge is 0.243 e. The fourth-order valence-corrected chi connectivity index (χ4v) is 2.86. The Bertz CT molecular complexity index is 808. The van der Waals surface area contributed by atoms with Crippen molar-refractivity contribution in [3.8, 4) is 5.75 Å². The van der Waals surface area contributed by atoms with Crippen LogP contribution in [0, 0.1) is 0 Å². The van der Waals surface area contributed by atoms with Gasteiger partial charge in [-0.1, -0.05) is 51.3 Å². The fraction of sp³-hybridized carbons (Fsp3) is 0.417. The molecule has 2 rings (SSSR count). The zero-order chi connectivity index (χ0) is 21.6. The molecule has 0 saturated heterocycles. The van der Waals surface area contributed by atoms with E-state index in [2.05, 4.69) is 29.8 Å². The molecule has 2 aromatic carbocycles. The molecule has 6 heteroatoms. The average molecular weight is 412 g/mol. The summed E-state index contributed by atoms with van der Waals surface area (Å²) in [5, 5.41) is 8.89. The third-order valence-electron chi connectivity index (χ3n) is 4.52. The first-order valence-corrected chi connectivity index (χ1v) is 10.8. The van der Waals surface area contributed by atoms with Gasteiger partial charge in [-0.25, -0.2) is 0 Å². The molecule has 3 N–H and O–H groups in total. The Morgan fingerprint density at radius 1 is 0.833 bits per heavy atom. The summed E-state index contributed by atoms with van der Waals surface area (Å²) in [6, 6.07) is 14.8. The highest BCUT2D eigenvalue weighted by Crippen LogP contribution is 2.24. The Labute approximate surface area is 179 Å². The number of amides is 2. The van der Waals surface area contributed by atoms with E-state index < -0.39 is 0 Å². The quantitative estimate of drug-likeness (QED) is 0.384. The number of hydrogen-bond donors (Lipinski definition) is 3. The molecule has 6 nitrogen and oxygen atoms in total. The van der Waals surface area contributed by atoms with Crippen LogP contribution in [-0.2, 0) is 9.59 Å². The van der Waals surface area contributed by atoms with Crippen LogP contribution in [-0.4, -0.2) is 25.0 Å². The van der Waals surface area contributed by atoms with Gasteiger partial charge in [0.2, 0.25) is 11.8 Å². The van der Waals surface area contributed by atoms with Gasteiger partial charge in [0.1, 0.15) is 5.75 Å². The number of para-hydroxylation sites is 2. The van der Waals surface area contributed by atoms with E-state index in [1.165, 1.54) is 0 Å². The van der Waals surface area contributed by atoms with Gasteiger partial charge in [-0.3, -0.25) is 9.59 Å². The number of benzene rings is 2. The van der Waals surface area contributed by atoms with Gasteiger partial charge in [0.05, 0.1) is 18.8 Å². The molecule has 0 radical (unpaired) electrons. The van der Waals surface area contributed by atoms with Gasteiger partial charge < -0.3 is 20.7 Å². The van der Waals surface area contributed by atoms with E-state index in [0.29, 0.717) is 24.5 Å². The number of hydrogen-bond acceptors (Lipinski definition) is 4. The summed E-state index contributed by atoms with van der Waals surface area (Å²) in [7, 11) is 0. The van der Waals surface area contributed by atoms with Gasteiger partial charge >= 0.3 is 0 Å². The van der Waals surface area contributed by atoms with Crippen molar-refractivity contribution in [2.45, 2.75) is 52.4 Å². The van der Waals surface area contributed by atoms with Crippen LogP contribution in [0.25, 0.3) is 0 Å². The van der Waals surface area contributed by atoms with E-state index in [0.717, 1.165) is 43.5 Å². The summed E-state index contributed by atoms with van der Waals surface area (Å²) in [6.07, 6.45) is 5.57. The Hall–Kier alpha value is -3.02. The van der Waals surface area contributed by atoms with E-state index in [9.17, 15) is 9.59 Å². The van der Waals surface area contributed by atoms with Gasteiger partial charge in [0.25, 0.3) is 0 Å². The summed E-state index contributed by atoms with van der Waals surface area (Å²) >= 11 is 0. The Kier molecular flexibility index (Phi) is 10.3. The molecule has 2 aromatic rings. The fourth-order valence-electron chi connectivity index (χ4n) is 2.86. The monoisotopic (exact) mass is 411 g/mol. The largest absolute Gasteiger partial charge is 0.491 e. The van der Waals surface area contributed by atoms with Crippen LogP contribution in [0.15, 0.2) is 48.5 Å². The SMILES string of the molecule is CCCCCC(=O)Nc1cccc(NCC(=O)Nc2ccccc2OCCCC)c1. The van der Waals surface area contributed by atoms with Crippen molar-refractivity contribution in [3.63, 3.8) is 0 Å². The summed E-state index contributed by atoms with van der Waals surface area (Å²) < 4.78 is 5.75. The van der Waals surface area contributed by atoms with Gasteiger partial charge in [0, 0.05) is 17.8 Å². The highest BCUT2D eigenvalue weighted by atomic mass is 16.5. The first-order valence-electron chi connectivity index (χ1n) is 10.8. The van der Waals surface area contributed by atoms with Crippen molar-refractivity contribution >= 4 is 28.9 Å². The number of nitrogens with one attached hydrogen (secondary N) is 3. The highest BCUT2D eigenvalue weighted by molar-refractivity contribution is 5.95. The molecule has 30 heavy (non-hydrogen) atoms. The minimum Gasteiger partial charge on any atom is -0.491 e. The van der Waals surface area contributed by atoms with Gasteiger partial charge in [-0.15, -0.1) is 0 Å². The average Bonchev–Trinajstić information content (AvgIpc) is 2.74. The lowest BCUT2D eigenvalue weighted by atomic mass is 10.2. The van der Waals surface area contributed by atoms with E-state index in [-0.39, 0.29) is 18.4 Å². The molecule has 0 fully saturated rings. The van der Waals surface area contributed by atoms with Gasteiger partial charge in [-0.2, -0.15) is 0 Å². The highest BCUT2D eigenvalue weighted by Gasteiger charge is 2.08. The maximum absolute atomic E-state index is 12.4. The van der Waals surface area contributed by atoms with Crippen LogP contribution in [0.2, 0.25) is 0 Å². The van der Waals surface area contributed by atoms with E-state index in [4.69, 9.17) is 4.74 Å². The Balaban J connectivity index is 1.84. The third-order valence-corrected chi connectivity index (χ3v) is 4.52. The van der Waals surface area contributed by atoms with Crippen LogP contribution in [0.1, 0.15) is 52.4 Å². The lowest BCUT2D eigenvalue weighted by molar-refractivity contribution is -0.116. The van der Waals surface area contributed by atoms with Gasteiger partial charge in [0.15, 0.2) is 0 Å². The first kappa shape index (κ1) is 23.3. The number of unbranched alkanes of at least 4 members (excludes halogenated alkanes) is 3. The lowest BCUT2D eigenvalue weighted by Crippen LogP contribution is -2.22. The Morgan fingerprint density at radius 2 is 1.60 bits per heavy atom. The van der Waals surface area contributed by atoms with Crippen molar-refractivity contribution in [1.29, 1.82) is 0 Å². The number of anilines is 3. The van der Waals surface area contributed by atoms with E-state index in [1.54, 1.807) is 0 Å². The molecule has 0 unspecified atom stereocenters. The summed E-state index contributed by atoms with van der Waals surface area (Å²) in [5.41, 5.74) is 2.15. The minimum absolute atomic E-state index is 0.0121. The lowest BCUT2D eigenvalue weighted by Gasteiger charge is -2.13. The molecule has 0 aromatic heterocycles. The number of carbonyl (C=O) groups excluding carboxylic acids is 2. The molecule has 0 heterocycles. The van der Waals surface area contributed by atoms with Crippen molar-refractivity contribution in [3.05, 3.63) is 48.5 Å².